The minimum Gasteiger partial charge on any atom is -0.507 e. The zero-order valence-corrected chi connectivity index (χ0v) is 20.2. The van der Waals surface area contributed by atoms with E-state index in [0.717, 1.165) is 29.8 Å². The number of aliphatic hydroxyl groups excluding tert-OH is 1. The Balaban J connectivity index is 1.79. The van der Waals surface area contributed by atoms with Crippen LogP contribution in [0.2, 0.25) is 0 Å². The van der Waals surface area contributed by atoms with Crippen molar-refractivity contribution in [3.63, 3.8) is 0 Å². The fourth-order valence-corrected chi connectivity index (χ4v) is 4.68. The molecule has 2 aromatic rings. The second kappa shape index (κ2) is 9.89. The molecule has 1 saturated heterocycles. The molecule has 0 aliphatic carbocycles. The van der Waals surface area contributed by atoms with Crippen molar-refractivity contribution in [2.45, 2.75) is 38.8 Å². The number of amides is 1. The first-order chi connectivity index (χ1) is 16.3. The first-order valence-corrected chi connectivity index (χ1v) is 11.8. The number of hydrogen-bond acceptors (Lipinski definition) is 6. The van der Waals surface area contributed by atoms with E-state index in [1.54, 1.807) is 11.0 Å². The predicted molar refractivity (Wildman–Crippen MR) is 130 cm³/mol. The average molecular weight is 465 g/mol. The number of Topliss-reactive ketones (excluding diaryl/α,β-unsaturated/α-hetero) is 1. The highest BCUT2D eigenvalue weighted by atomic mass is 16.5. The normalized spacial score (nSPS) is 21.1. The smallest absolute Gasteiger partial charge is 0.295 e. The molecule has 2 aliphatic rings. The van der Waals surface area contributed by atoms with Gasteiger partial charge in [0.05, 0.1) is 18.2 Å². The Morgan fingerprint density at radius 1 is 1.21 bits per heavy atom. The third-order valence-electron chi connectivity index (χ3n) is 6.20. The van der Waals surface area contributed by atoms with Gasteiger partial charge in [0.15, 0.2) is 0 Å². The number of likely N-dealkylation sites (tertiary alicyclic amines) is 1. The van der Waals surface area contributed by atoms with E-state index in [1.165, 1.54) is 0 Å². The minimum atomic E-state index is -0.689. The van der Waals surface area contributed by atoms with Gasteiger partial charge in [-0.05, 0) is 82.4 Å². The summed E-state index contributed by atoms with van der Waals surface area (Å²) < 4.78 is 11.4. The molecule has 0 spiro atoms. The van der Waals surface area contributed by atoms with Crippen molar-refractivity contribution in [3.8, 4) is 11.5 Å². The molecule has 0 saturated carbocycles. The van der Waals surface area contributed by atoms with Crippen LogP contribution in [-0.4, -0.2) is 66.5 Å². The second-order valence-electron chi connectivity index (χ2n) is 9.11. The Hall–Kier alpha value is -3.32. The summed E-state index contributed by atoms with van der Waals surface area (Å²) in [6, 6.07) is 12.1. The van der Waals surface area contributed by atoms with Crippen molar-refractivity contribution in [1.29, 1.82) is 0 Å². The highest BCUT2D eigenvalue weighted by molar-refractivity contribution is 6.46. The maximum atomic E-state index is 13.2. The lowest BCUT2D eigenvalue weighted by Crippen LogP contribution is -2.32. The Morgan fingerprint density at radius 2 is 2.00 bits per heavy atom. The van der Waals surface area contributed by atoms with Crippen LogP contribution < -0.4 is 9.47 Å². The molecule has 2 aromatic carbocycles. The monoisotopic (exact) mass is 464 g/mol. The van der Waals surface area contributed by atoms with Crippen molar-refractivity contribution in [3.05, 3.63) is 64.7 Å². The molecular weight excluding hydrogens is 432 g/mol. The summed E-state index contributed by atoms with van der Waals surface area (Å²) >= 11 is 0. The molecule has 4 rings (SSSR count). The molecule has 0 radical (unpaired) electrons. The van der Waals surface area contributed by atoms with Crippen LogP contribution in [0.15, 0.2) is 48.0 Å². The maximum Gasteiger partial charge on any atom is 0.295 e. The van der Waals surface area contributed by atoms with Crippen molar-refractivity contribution < 1.29 is 24.2 Å². The SMILES string of the molecule is CCOc1cccc([C@H]2C(=C(O)c3ccc4c(c3)C[C@@H](C)O4)C(=O)C(=O)N2CCCN(C)C)c1. The zero-order chi connectivity index (χ0) is 24.4. The molecule has 0 bridgehead atoms. The number of carbonyl (C=O) groups excluding carboxylic acids is 2. The van der Waals surface area contributed by atoms with Crippen LogP contribution in [0.25, 0.3) is 5.76 Å². The number of rotatable bonds is 8. The summed E-state index contributed by atoms with van der Waals surface area (Å²) in [4.78, 5) is 30.0. The molecule has 7 heteroatoms. The van der Waals surface area contributed by atoms with Crippen LogP contribution in [0.5, 0.6) is 11.5 Å². The van der Waals surface area contributed by atoms with Gasteiger partial charge in [-0.15, -0.1) is 0 Å². The second-order valence-corrected chi connectivity index (χ2v) is 9.11. The van der Waals surface area contributed by atoms with E-state index in [-0.39, 0.29) is 17.4 Å². The average Bonchev–Trinajstić information content (AvgIpc) is 3.29. The molecule has 34 heavy (non-hydrogen) atoms. The van der Waals surface area contributed by atoms with Gasteiger partial charge in [-0.2, -0.15) is 0 Å². The van der Waals surface area contributed by atoms with Gasteiger partial charge in [0, 0.05) is 18.5 Å². The molecule has 0 aromatic heterocycles. The lowest BCUT2D eigenvalue weighted by atomic mass is 9.94. The Morgan fingerprint density at radius 3 is 2.74 bits per heavy atom. The van der Waals surface area contributed by atoms with E-state index in [2.05, 4.69) is 0 Å². The highest BCUT2D eigenvalue weighted by Gasteiger charge is 2.46. The number of ketones is 1. The van der Waals surface area contributed by atoms with E-state index in [4.69, 9.17) is 9.47 Å². The van der Waals surface area contributed by atoms with Crippen LogP contribution in [-0.2, 0) is 16.0 Å². The van der Waals surface area contributed by atoms with Gasteiger partial charge < -0.3 is 24.4 Å². The van der Waals surface area contributed by atoms with Gasteiger partial charge in [0.1, 0.15) is 23.4 Å². The molecule has 7 nitrogen and oxygen atoms in total. The number of hydrogen-bond donors (Lipinski definition) is 1. The summed E-state index contributed by atoms with van der Waals surface area (Å²) in [7, 11) is 3.94. The molecular formula is C27H32N2O5. The van der Waals surface area contributed by atoms with Crippen molar-refractivity contribution in [2.75, 3.05) is 33.8 Å². The molecule has 1 fully saturated rings. The lowest BCUT2D eigenvalue weighted by Gasteiger charge is -2.26. The fraction of sp³-hybridized carbons (Fsp3) is 0.407. The van der Waals surface area contributed by atoms with Crippen LogP contribution >= 0.6 is 0 Å². The van der Waals surface area contributed by atoms with Gasteiger partial charge >= 0.3 is 0 Å². The minimum absolute atomic E-state index is 0.0657. The molecule has 2 atom stereocenters. The standard InChI is InChI=1S/C27H32N2O5/c1-5-33-21-9-6-8-18(16-21)24-23(26(31)27(32)29(24)13-7-12-28(3)4)25(30)19-10-11-22-20(15-19)14-17(2)34-22/h6,8-11,15-17,24,30H,5,7,12-14H2,1-4H3/t17-,24+/m1/s1. The van der Waals surface area contributed by atoms with Gasteiger partial charge in [-0.1, -0.05) is 12.1 Å². The van der Waals surface area contributed by atoms with Gasteiger partial charge in [0.25, 0.3) is 11.7 Å². The van der Waals surface area contributed by atoms with E-state index < -0.39 is 17.7 Å². The quantitative estimate of drug-likeness (QED) is 0.364. The maximum absolute atomic E-state index is 13.2. The molecule has 1 N–H and O–H groups in total. The summed E-state index contributed by atoms with van der Waals surface area (Å²) in [5.74, 6) is 0.0174. The largest absolute Gasteiger partial charge is 0.507 e. The molecule has 180 valence electrons. The van der Waals surface area contributed by atoms with Crippen molar-refractivity contribution in [1.82, 2.24) is 9.80 Å². The molecule has 2 heterocycles. The zero-order valence-electron chi connectivity index (χ0n) is 20.2. The molecule has 0 unspecified atom stereocenters. The predicted octanol–water partition coefficient (Wildman–Crippen LogP) is 3.78. The van der Waals surface area contributed by atoms with E-state index in [9.17, 15) is 14.7 Å². The Labute approximate surface area is 200 Å². The van der Waals surface area contributed by atoms with Crippen LogP contribution in [0.1, 0.15) is 43.0 Å². The highest BCUT2D eigenvalue weighted by Crippen LogP contribution is 2.41. The van der Waals surface area contributed by atoms with Gasteiger partial charge in [-0.3, -0.25) is 9.59 Å². The fourth-order valence-electron chi connectivity index (χ4n) is 4.68. The van der Waals surface area contributed by atoms with Gasteiger partial charge in [0.2, 0.25) is 0 Å². The summed E-state index contributed by atoms with van der Waals surface area (Å²) in [6.07, 6.45) is 1.50. The summed E-state index contributed by atoms with van der Waals surface area (Å²) in [6.45, 7) is 5.57. The van der Waals surface area contributed by atoms with Crippen LogP contribution in [0, 0.1) is 0 Å². The number of benzene rings is 2. The van der Waals surface area contributed by atoms with Crippen molar-refractivity contribution >= 4 is 17.4 Å². The first kappa shape index (κ1) is 23.8. The number of ether oxygens (including phenoxy) is 2. The van der Waals surface area contributed by atoms with Crippen LogP contribution in [0.3, 0.4) is 0 Å². The lowest BCUT2D eigenvalue weighted by molar-refractivity contribution is -0.139. The third-order valence-corrected chi connectivity index (χ3v) is 6.20. The van der Waals surface area contributed by atoms with E-state index >= 15 is 0 Å². The number of fused-ring (bicyclic) bond motifs is 1. The van der Waals surface area contributed by atoms with E-state index in [1.807, 2.05) is 69.2 Å². The number of carbonyl (C=O) groups is 2. The summed E-state index contributed by atoms with van der Waals surface area (Å²) in [5, 5.41) is 11.3. The summed E-state index contributed by atoms with van der Waals surface area (Å²) in [5.41, 5.74) is 2.32. The first-order valence-electron chi connectivity index (χ1n) is 11.8. The van der Waals surface area contributed by atoms with Crippen molar-refractivity contribution in [2.24, 2.45) is 0 Å². The molecule has 1 amide bonds. The van der Waals surface area contributed by atoms with Crippen LogP contribution in [0.4, 0.5) is 0 Å². The molecule has 2 aliphatic heterocycles. The third kappa shape index (κ3) is 4.66. The topological polar surface area (TPSA) is 79.3 Å². The number of aliphatic hydroxyl groups is 1. The number of nitrogens with zero attached hydrogens (tertiary/aromatic N) is 2. The van der Waals surface area contributed by atoms with Gasteiger partial charge in [-0.25, -0.2) is 0 Å². The Bertz CT molecular complexity index is 1120. The Kier molecular flexibility index (Phi) is 6.93. The van der Waals surface area contributed by atoms with E-state index in [0.29, 0.717) is 30.9 Å².